The van der Waals surface area contributed by atoms with E-state index in [2.05, 4.69) is 67.5 Å². The lowest BCUT2D eigenvalue weighted by molar-refractivity contribution is -0.136. The Hall–Kier alpha value is -1.97. The van der Waals surface area contributed by atoms with E-state index < -0.39 is 0 Å². The summed E-state index contributed by atoms with van der Waals surface area (Å²) in [7, 11) is 0. The second-order valence-corrected chi connectivity index (χ2v) is 12.5. The van der Waals surface area contributed by atoms with Crippen LogP contribution in [0, 0.1) is 11.3 Å². The lowest BCUT2D eigenvalue weighted by Gasteiger charge is -2.54. The zero-order valence-electron chi connectivity index (χ0n) is 20.9. The lowest BCUT2D eigenvalue weighted by atomic mass is 9.58. The van der Waals surface area contributed by atoms with Crippen molar-refractivity contribution in [2.75, 3.05) is 0 Å². The zero-order valence-corrected chi connectivity index (χ0v) is 20.9. The van der Waals surface area contributed by atoms with Gasteiger partial charge in [0.15, 0.2) is 0 Å². The van der Waals surface area contributed by atoms with E-state index in [0.717, 1.165) is 6.42 Å². The molecule has 178 valence electrons. The highest BCUT2D eigenvalue weighted by Crippen LogP contribution is 2.69. The molecule has 2 aromatic rings. The summed E-state index contributed by atoms with van der Waals surface area (Å²) < 4.78 is 7.44. The van der Waals surface area contributed by atoms with Crippen molar-refractivity contribution in [1.82, 2.24) is 10.3 Å². The van der Waals surface area contributed by atoms with Crippen LogP contribution in [0.1, 0.15) is 83.6 Å². The molecule has 2 unspecified atom stereocenters. The molecule has 34 heavy (non-hydrogen) atoms. The van der Waals surface area contributed by atoms with Crippen molar-refractivity contribution in [3.05, 3.63) is 65.5 Å². The van der Waals surface area contributed by atoms with Crippen LogP contribution in [0.4, 0.5) is 0 Å². The smallest absolute Gasteiger partial charge is 0.0974 e. The molecule has 2 spiro atoms. The Bertz CT molecular complexity index is 1210. The molecule has 7 rings (SSSR count). The van der Waals surface area contributed by atoms with E-state index in [0.29, 0.717) is 23.9 Å². The summed E-state index contributed by atoms with van der Waals surface area (Å²) in [6.07, 6.45) is 18.8. The fourth-order valence-corrected chi connectivity index (χ4v) is 8.89. The van der Waals surface area contributed by atoms with E-state index in [-0.39, 0.29) is 16.6 Å². The SMILES string of the molecule is CC(C)N[C@@H]1CCC2=CC3=CCC4(C)C(c5ccc6ccncc6c5)CC[C@H]4[C@@]34CC[C@]2(C1)O4. The number of ether oxygens (including phenoxy) is 1. The molecule has 3 heterocycles. The molecule has 3 nitrogen and oxygen atoms in total. The maximum absolute atomic E-state index is 7.44. The quantitative estimate of drug-likeness (QED) is 0.551. The number of hydrogen-bond acceptors (Lipinski definition) is 3. The van der Waals surface area contributed by atoms with Crippen LogP contribution in [-0.4, -0.2) is 28.3 Å². The van der Waals surface area contributed by atoms with E-state index in [1.807, 2.05) is 12.4 Å². The third kappa shape index (κ3) is 2.86. The van der Waals surface area contributed by atoms with Gasteiger partial charge in [-0.05, 0) is 103 Å². The van der Waals surface area contributed by atoms with Crippen LogP contribution in [0.5, 0.6) is 0 Å². The van der Waals surface area contributed by atoms with Gasteiger partial charge in [-0.1, -0.05) is 45.1 Å². The zero-order chi connectivity index (χ0) is 23.1. The van der Waals surface area contributed by atoms with Gasteiger partial charge in [0.05, 0.1) is 11.2 Å². The Labute approximate surface area is 204 Å². The number of nitrogens with one attached hydrogen (secondary N) is 1. The van der Waals surface area contributed by atoms with Crippen LogP contribution in [0.3, 0.4) is 0 Å². The Kier molecular flexibility index (Phi) is 4.56. The number of allylic oxidation sites excluding steroid dienone is 1. The van der Waals surface area contributed by atoms with Gasteiger partial charge in [-0.15, -0.1) is 0 Å². The largest absolute Gasteiger partial charge is 0.359 e. The Balaban J connectivity index is 1.25. The highest BCUT2D eigenvalue weighted by atomic mass is 16.5. The minimum atomic E-state index is -0.0661. The van der Waals surface area contributed by atoms with E-state index in [1.54, 1.807) is 5.57 Å². The third-order valence-electron chi connectivity index (χ3n) is 10.3. The summed E-state index contributed by atoms with van der Waals surface area (Å²) in [6, 6.07) is 10.3. The van der Waals surface area contributed by atoms with Crippen molar-refractivity contribution >= 4 is 10.8 Å². The van der Waals surface area contributed by atoms with Gasteiger partial charge in [-0.25, -0.2) is 0 Å². The minimum Gasteiger partial charge on any atom is -0.359 e. The van der Waals surface area contributed by atoms with Crippen molar-refractivity contribution in [3.63, 3.8) is 0 Å². The van der Waals surface area contributed by atoms with Gasteiger partial charge in [-0.3, -0.25) is 4.98 Å². The van der Waals surface area contributed by atoms with Crippen molar-refractivity contribution in [3.8, 4) is 0 Å². The summed E-state index contributed by atoms with van der Waals surface area (Å²) in [5.41, 5.74) is 4.78. The molecule has 1 aromatic heterocycles. The molecule has 1 N–H and O–H groups in total. The Morgan fingerprint density at radius 3 is 2.88 bits per heavy atom. The first-order valence-electron chi connectivity index (χ1n) is 13.6. The van der Waals surface area contributed by atoms with Gasteiger partial charge in [-0.2, -0.15) is 0 Å². The number of nitrogens with zero attached hydrogens (tertiary/aromatic N) is 1. The highest BCUT2D eigenvalue weighted by Gasteiger charge is 2.66. The number of rotatable bonds is 3. The molecule has 2 saturated carbocycles. The Morgan fingerprint density at radius 2 is 2.00 bits per heavy atom. The Morgan fingerprint density at radius 1 is 1.09 bits per heavy atom. The monoisotopic (exact) mass is 454 g/mol. The standard InChI is InChI=1S/C31H38N2O/c1-20(2)33-26-7-6-24-17-25-10-12-29(3)27(22-5-4-21-11-15-32-19-23(21)16-22)8-9-28(29)31(25)14-13-30(24,18-26)34-31/h4-5,10-11,15-17,19-20,26-28,33H,6-9,12-14,18H2,1-3H3/t26-,27?,28-,29?,30-,31-/m1/s1. The molecule has 2 aliphatic heterocycles. The van der Waals surface area contributed by atoms with Crippen molar-refractivity contribution in [1.29, 1.82) is 0 Å². The van der Waals surface area contributed by atoms with E-state index in [1.165, 1.54) is 66.9 Å². The molecule has 0 amide bonds. The maximum Gasteiger partial charge on any atom is 0.0974 e. The summed E-state index contributed by atoms with van der Waals surface area (Å²) in [5.74, 6) is 1.19. The number of aromatic nitrogens is 1. The first-order chi connectivity index (χ1) is 16.4. The van der Waals surface area contributed by atoms with E-state index >= 15 is 0 Å². The van der Waals surface area contributed by atoms with E-state index in [4.69, 9.17) is 4.74 Å². The first kappa shape index (κ1) is 21.3. The molecule has 3 fully saturated rings. The highest BCUT2D eigenvalue weighted by molar-refractivity contribution is 5.82. The summed E-state index contributed by atoms with van der Waals surface area (Å²) in [4.78, 5) is 4.38. The second-order valence-electron chi connectivity index (χ2n) is 12.5. The summed E-state index contributed by atoms with van der Waals surface area (Å²) in [6.45, 7) is 7.12. The number of fused-ring (bicyclic) bond motifs is 2. The predicted octanol–water partition coefficient (Wildman–Crippen LogP) is 6.84. The third-order valence-corrected chi connectivity index (χ3v) is 10.3. The predicted molar refractivity (Wildman–Crippen MR) is 138 cm³/mol. The molecular formula is C31H38N2O. The van der Waals surface area contributed by atoms with Gasteiger partial charge in [0.25, 0.3) is 0 Å². The van der Waals surface area contributed by atoms with Gasteiger partial charge in [0.2, 0.25) is 0 Å². The van der Waals surface area contributed by atoms with Gasteiger partial charge >= 0.3 is 0 Å². The van der Waals surface area contributed by atoms with Gasteiger partial charge < -0.3 is 10.1 Å². The fourth-order valence-electron chi connectivity index (χ4n) is 8.89. The fraction of sp³-hybridized carbons (Fsp3) is 0.581. The van der Waals surface area contributed by atoms with Crippen molar-refractivity contribution in [2.24, 2.45) is 11.3 Å². The average Bonchev–Trinajstić information content (AvgIpc) is 3.33. The minimum absolute atomic E-state index is 0.0207. The maximum atomic E-state index is 7.44. The first-order valence-corrected chi connectivity index (χ1v) is 13.6. The topological polar surface area (TPSA) is 34.2 Å². The summed E-state index contributed by atoms with van der Waals surface area (Å²) in [5, 5.41) is 6.39. The molecule has 0 radical (unpaired) electrons. The normalized spacial score (nSPS) is 40.5. The van der Waals surface area contributed by atoms with Crippen LogP contribution in [0.2, 0.25) is 0 Å². The molecule has 5 aliphatic rings. The van der Waals surface area contributed by atoms with Crippen LogP contribution in [-0.2, 0) is 4.74 Å². The molecular weight excluding hydrogens is 416 g/mol. The molecule has 1 saturated heterocycles. The van der Waals surface area contributed by atoms with Crippen LogP contribution in [0.25, 0.3) is 10.8 Å². The second kappa shape index (κ2) is 7.27. The van der Waals surface area contributed by atoms with Crippen LogP contribution >= 0.6 is 0 Å². The van der Waals surface area contributed by atoms with Crippen LogP contribution < -0.4 is 5.32 Å². The van der Waals surface area contributed by atoms with Crippen LogP contribution in [0.15, 0.2) is 60.0 Å². The van der Waals surface area contributed by atoms with Crippen molar-refractivity contribution in [2.45, 2.75) is 101 Å². The number of pyridine rings is 1. The molecule has 3 aliphatic carbocycles. The van der Waals surface area contributed by atoms with Gasteiger partial charge in [0, 0.05) is 29.9 Å². The average molecular weight is 455 g/mol. The molecule has 3 heteroatoms. The lowest BCUT2D eigenvalue weighted by Crippen LogP contribution is -2.55. The molecule has 2 bridgehead atoms. The number of benzene rings is 1. The van der Waals surface area contributed by atoms with Gasteiger partial charge in [0.1, 0.15) is 0 Å². The number of hydrogen-bond donors (Lipinski definition) is 1. The summed E-state index contributed by atoms with van der Waals surface area (Å²) >= 11 is 0. The van der Waals surface area contributed by atoms with E-state index in [9.17, 15) is 0 Å². The van der Waals surface area contributed by atoms with Crippen molar-refractivity contribution < 1.29 is 4.74 Å². The molecule has 1 aromatic carbocycles. The molecule has 6 atom stereocenters.